The van der Waals surface area contributed by atoms with Gasteiger partial charge in [-0.2, -0.15) is 0 Å². The molecule has 0 atom stereocenters. The standard InChI is InChI=1S/C18H21N3O3/c1-11-5-6-12-3-2-4-14(15(12)20-11)21-16(22)18(17(23)24)9-7-13(19)8-10-18/h2-6,13H,7-10,19H2,1H3,(H,21,22)(H,23,24). The van der Waals surface area contributed by atoms with Gasteiger partial charge in [-0.05, 0) is 44.7 Å². The molecule has 6 heteroatoms. The van der Waals surface area contributed by atoms with Gasteiger partial charge in [0.05, 0.1) is 11.2 Å². The Bertz CT molecular complexity index is 795. The minimum absolute atomic E-state index is 0.0350. The summed E-state index contributed by atoms with van der Waals surface area (Å²) in [4.78, 5) is 29.1. The van der Waals surface area contributed by atoms with E-state index in [0.717, 1.165) is 11.1 Å². The summed E-state index contributed by atoms with van der Waals surface area (Å²) in [5, 5.41) is 13.4. The van der Waals surface area contributed by atoms with Crippen molar-refractivity contribution >= 4 is 28.5 Å². The van der Waals surface area contributed by atoms with Crippen molar-refractivity contribution in [2.45, 2.75) is 38.6 Å². The fourth-order valence-corrected chi connectivity index (χ4v) is 3.26. The number of carbonyl (C=O) groups excluding carboxylic acids is 1. The van der Waals surface area contributed by atoms with Crippen LogP contribution >= 0.6 is 0 Å². The minimum atomic E-state index is -1.41. The van der Waals surface area contributed by atoms with Gasteiger partial charge in [0.15, 0.2) is 0 Å². The van der Waals surface area contributed by atoms with Crippen LogP contribution in [0.15, 0.2) is 30.3 Å². The first-order valence-electron chi connectivity index (χ1n) is 8.09. The lowest BCUT2D eigenvalue weighted by molar-refractivity contribution is -0.156. The Labute approximate surface area is 140 Å². The summed E-state index contributed by atoms with van der Waals surface area (Å²) in [7, 11) is 0. The SMILES string of the molecule is Cc1ccc2cccc(NC(=O)C3(C(=O)O)CCC(N)CC3)c2n1. The van der Waals surface area contributed by atoms with E-state index in [1.54, 1.807) is 6.07 Å². The molecule has 1 aliphatic rings. The summed E-state index contributed by atoms with van der Waals surface area (Å²) in [5.74, 6) is -1.58. The summed E-state index contributed by atoms with van der Waals surface area (Å²) in [6.45, 7) is 1.87. The molecule has 1 fully saturated rings. The molecule has 2 aromatic rings. The summed E-state index contributed by atoms with van der Waals surface area (Å²) in [6.07, 6.45) is 1.58. The zero-order valence-electron chi connectivity index (χ0n) is 13.6. The van der Waals surface area contributed by atoms with Gasteiger partial charge in [-0.15, -0.1) is 0 Å². The molecule has 1 heterocycles. The molecule has 24 heavy (non-hydrogen) atoms. The normalized spacial score (nSPS) is 23.8. The number of nitrogens with two attached hydrogens (primary N) is 1. The van der Waals surface area contributed by atoms with E-state index in [9.17, 15) is 14.7 Å². The molecular weight excluding hydrogens is 306 g/mol. The van der Waals surface area contributed by atoms with E-state index >= 15 is 0 Å². The number of hydrogen-bond donors (Lipinski definition) is 3. The number of anilines is 1. The number of carboxylic acid groups (broad SMARTS) is 1. The van der Waals surface area contributed by atoms with Crippen molar-refractivity contribution in [1.82, 2.24) is 4.98 Å². The molecule has 0 spiro atoms. The molecule has 1 saturated carbocycles. The minimum Gasteiger partial charge on any atom is -0.480 e. The van der Waals surface area contributed by atoms with Crippen LogP contribution in [-0.2, 0) is 9.59 Å². The Morgan fingerprint density at radius 2 is 1.96 bits per heavy atom. The number of aromatic nitrogens is 1. The van der Waals surface area contributed by atoms with Gasteiger partial charge in [-0.25, -0.2) is 0 Å². The van der Waals surface area contributed by atoms with E-state index in [4.69, 9.17) is 5.73 Å². The summed E-state index contributed by atoms with van der Waals surface area (Å²) in [6, 6.07) is 9.27. The second-order valence-electron chi connectivity index (χ2n) is 6.51. The molecule has 4 N–H and O–H groups in total. The number of carbonyl (C=O) groups is 2. The van der Waals surface area contributed by atoms with Gasteiger partial charge in [-0.1, -0.05) is 18.2 Å². The maximum absolute atomic E-state index is 12.8. The van der Waals surface area contributed by atoms with Gasteiger partial charge in [0.25, 0.3) is 0 Å². The Morgan fingerprint density at radius 1 is 1.25 bits per heavy atom. The van der Waals surface area contributed by atoms with E-state index in [2.05, 4.69) is 10.3 Å². The maximum Gasteiger partial charge on any atom is 0.319 e. The number of hydrogen-bond acceptors (Lipinski definition) is 4. The van der Waals surface area contributed by atoms with Crippen molar-refractivity contribution in [3.05, 3.63) is 36.0 Å². The van der Waals surface area contributed by atoms with Crippen LogP contribution in [0.5, 0.6) is 0 Å². The van der Waals surface area contributed by atoms with Crippen LogP contribution in [0.2, 0.25) is 0 Å². The Balaban J connectivity index is 1.94. The molecule has 0 unspecified atom stereocenters. The van der Waals surface area contributed by atoms with Gasteiger partial charge in [0.2, 0.25) is 5.91 Å². The summed E-state index contributed by atoms with van der Waals surface area (Å²) < 4.78 is 0. The third-order valence-electron chi connectivity index (χ3n) is 4.84. The van der Waals surface area contributed by atoms with Crippen LogP contribution in [0.3, 0.4) is 0 Å². The number of nitrogens with zero attached hydrogens (tertiary/aromatic N) is 1. The van der Waals surface area contributed by atoms with Crippen LogP contribution in [-0.4, -0.2) is 28.0 Å². The zero-order chi connectivity index (χ0) is 17.3. The summed E-state index contributed by atoms with van der Waals surface area (Å²) >= 11 is 0. The highest BCUT2D eigenvalue weighted by atomic mass is 16.4. The molecular formula is C18H21N3O3. The lowest BCUT2D eigenvalue weighted by Gasteiger charge is -2.34. The average molecular weight is 327 g/mol. The first-order chi connectivity index (χ1) is 11.4. The van der Waals surface area contributed by atoms with Crippen LogP contribution in [0, 0.1) is 12.3 Å². The molecule has 1 aromatic heterocycles. The second kappa shape index (κ2) is 6.20. The summed E-state index contributed by atoms with van der Waals surface area (Å²) in [5.41, 5.74) is 6.49. The molecule has 0 saturated heterocycles. The van der Waals surface area contributed by atoms with Crippen molar-refractivity contribution in [2.24, 2.45) is 11.1 Å². The van der Waals surface area contributed by atoms with Crippen LogP contribution < -0.4 is 11.1 Å². The molecule has 1 aliphatic carbocycles. The predicted octanol–water partition coefficient (Wildman–Crippen LogP) is 2.45. The van der Waals surface area contributed by atoms with Crippen molar-refractivity contribution < 1.29 is 14.7 Å². The van der Waals surface area contributed by atoms with Crippen molar-refractivity contribution in [1.29, 1.82) is 0 Å². The highest BCUT2D eigenvalue weighted by Gasteiger charge is 2.48. The average Bonchev–Trinajstić information content (AvgIpc) is 2.56. The van der Waals surface area contributed by atoms with Gasteiger partial charge in [0, 0.05) is 17.1 Å². The molecule has 1 aromatic carbocycles. The smallest absolute Gasteiger partial charge is 0.319 e. The number of benzene rings is 1. The van der Waals surface area contributed by atoms with Crippen LogP contribution in [0.1, 0.15) is 31.4 Å². The first kappa shape index (κ1) is 16.4. The second-order valence-corrected chi connectivity index (χ2v) is 6.51. The number of pyridine rings is 1. The molecule has 126 valence electrons. The number of aliphatic carboxylic acids is 1. The van der Waals surface area contributed by atoms with Crippen LogP contribution in [0.25, 0.3) is 10.9 Å². The molecule has 1 amide bonds. The Morgan fingerprint density at radius 3 is 2.62 bits per heavy atom. The van der Waals surface area contributed by atoms with Crippen molar-refractivity contribution in [3.63, 3.8) is 0 Å². The fraction of sp³-hybridized carbons (Fsp3) is 0.389. The highest BCUT2D eigenvalue weighted by Crippen LogP contribution is 2.38. The number of fused-ring (bicyclic) bond motifs is 1. The molecule has 6 nitrogen and oxygen atoms in total. The number of rotatable bonds is 3. The highest BCUT2D eigenvalue weighted by molar-refractivity contribution is 6.11. The van der Waals surface area contributed by atoms with Gasteiger partial charge in [-0.3, -0.25) is 14.6 Å². The Kier molecular flexibility index (Phi) is 4.24. The van der Waals surface area contributed by atoms with E-state index in [-0.39, 0.29) is 18.9 Å². The lowest BCUT2D eigenvalue weighted by atomic mass is 9.72. The number of amides is 1. The Hall–Kier alpha value is -2.47. The number of para-hydroxylation sites is 1. The quantitative estimate of drug-likeness (QED) is 0.751. The van der Waals surface area contributed by atoms with Gasteiger partial charge < -0.3 is 16.2 Å². The first-order valence-corrected chi connectivity index (χ1v) is 8.09. The van der Waals surface area contributed by atoms with Crippen molar-refractivity contribution in [3.8, 4) is 0 Å². The predicted molar refractivity (Wildman–Crippen MR) is 91.6 cm³/mol. The number of carboxylic acids is 1. The van der Waals surface area contributed by atoms with Gasteiger partial charge >= 0.3 is 5.97 Å². The van der Waals surface area contributed by atoms with Crippen molar-refractivity contribution in [2.75, 3.05) is 5.32 Å². The van der Waals surface area contributed by atoms with E-state index in [1.807, 2.05) is 31.2 Å². The largest absolute Gasteiger partial charge is 0.480 e. The maximum atomic E-state index is 12.8. The lowest BCUT2D eigenvalue weighted by Crippen LogP contribution is -2.47. The monoisotopic (exact) mass is 327 g/mol. The van der Waals surface area contributed by atoms with E-state index in [0.29, 0.717) is 24.0 Å². The van der Waals surface area contributed by atoms with Gasteiger partial charge in [0.1, 0.15) is 5.41 Å². The molecule has 0 radical (unpaired) electrons. The van der Waals surface area contributed by atoms with E-state index < -0.39 is 17.3 Å². The third-order valence-corrected chi connectivity index (χ3v) is 4.84. The topological polar surface area (TPSA) is 105 Å². The molecule has 0 aliphatic heterocycles. The third kappa shape index (κ3) is 2.85. The van der Waals surface area contributed by atoms with Crippen LogP contribution in [0.4, 0.5) is 5.69 Å². The fourth-order valence-electron chi connectivity index (χ4n) is 3.26. The van der Waals surface area contributed by atoms with E-state index in [1.165, 1.54) is 0 Å². The number of nitrogens with one attached hydrogen (secondary N) is 1. The number of aryl methyl sites for hydroxylation is 1. The zero-order valence-corrected chi connectivity index (χ0v) is 13.6. The molecule has 3 rings (SSSR count). The molecule has 0 bridgehead atoms.